The molecule has 0 aliphatic carbocycles. The summed E-state index contributed by atoms with van der Waals surface area (Å²) in [6.45, 7) is 0. The molecule has 2 aromatic carbocycles. The van der Waals surface area contributed by atoms with E-state index in [1.165, 1.54) is 4.57 Å². The van der Waals surface area contributed by atoms with Gasteiger partial charge in [0.15, 0.2) is 0 Å². The molecule has 4 nitrogen and oxygen atoms in total. The highest BCUT2D eigenvalue weighted by Crippen LogP contribution is 2.23. The van der Waals surface area contributed by atoms with Crippen LogP contribution < -0.4 is 11.3 Å². The van der Waals surface area contributed by atoms with Crippen LogP contribution in [0.5, 0.6) is 0 Å². The lowest BCUT2D eigenvalue weighted by molar-refractivity contribution is 0.0998. The first-order valence-electron chi connectivity index (χ1n) is 6.57. The van der Waals surface area contributed by atoms with Crippen LogP contribution >= 0.6 is 0 Å². The van der Waals surface area contributed by atoms with Crippen LogP contribution in [0.25, 0.3) is 22.0 Å². The molecule has 0 atom stereocenters. The van der Waals surface area contributed by atoms with E-state index in [1.807, 2.05) is 48.5 Å². The number of benzene rings is 2. The summed E-state index contributed by atoms with van der Waals surface area (Å²) in [5.41, 5.74) is 7.78. The Bertz CT molecular complexity index is 896. The van der Waals surface area contributed by atoms with Gasteiger partial charge in [-0.05, 0) is 34.7 Å². The first-order valence-corrected chi connectivity index (χ1v) is 6.57. The third-order valence-corrected chi connectivity index (χ3v) is 3.60. The summed E-state index contributed by atoms with van der Waals surface area (Å²) in [6.07, 6.45) is 0. The fourth-order valence-corrected chi connectivity index (χ4v) is 2.47. The number of nitrogens with two attached hydrogens (primary N) is 1. The van der Waals surface area contributed by atoms with Gasteiger partial charge in [-0.15, -0.1) is 0 Å². The molecule has 21 heavy (non-hydrogen) atoms. The lowest BCUT2D eigenvalue weighted by atomic mass is 10.0. The molecule has 2 N–H and O–H groups in total. The average molecular weight is 278 g/mol. The van der Waals surface area contributed by atoms with Crippen LogP contribution in [0.2, 0.25) is 0 Å². The third kappa shape index (κ3) is 2.21. The van der Waals surface area contributed by atoms with Crippen LogP contribution in [0.4, 0.5) is 0 Å². The zero-order valence-corrected chi connectivity index (χ0v) is 11.5. The second kappa shape index (κ2) is 4.90. The molecule has 104 valence electrons. The van der Waals surface area contributed by atoms with Gasteiger partial charge < -0.3 is 10.3 Å². The number of nitrogens with zero attached hydrogens (tertiary/aromatic N) is 1. The molecule has 0 aliphatic rings. The molecule has 0 spiro atoms. The van der Waals surface area contributed by atoms with Crippen molar-refractivity contribution >= 4 is 16.8 Å². The Kier molecular flexibility index (Phi) is 3.06. The Balaban J connectivity index is 2.29. The fourth-order valence-electron chi connectivity index (χ4n) is 2.47. The molecule has 4 heteroatoms. The van der Waals surface area contributed by atoms with Gasteiger partial charge in [0.25, 0.3) is 11.5 Å². The van der Waals surface area contributed by atoms with Crippen molar-refractivity contribution in [1.82, 2.24) is 4.57 Å². The molecule has 0 fully saturated rings. The minimum Gasteiger partial charge on any atom is -0.365 e. The maximum Gasteiger partial charge on any atom is 0.263 e. The van der Waals surface area contributed by atoms with Gasteiger partial charge in [-0.25, -0.2) is 0 Å². The Morgan fingerprint density at radius 2 is 1.71 bits per heavy atom. The van der Waals surface area contributed by atoms with E-state index in [0.29, 0.717) is 0 Å². The average Bonchev–Trinajstić information content (AvgIpc) is 2.51. The number of carbonyl (C=O) groups is 1. The Labute approximate surface area is 121 Å². The van der Waals surface area contributed by atoms with Crippen LogP contribution in [-0.2, 0) is 7.05 Å². The quantitative estimate of drug-likeness (QED) is 0.781. The maximum absolute atomic E-state index is 12.0. The van der Waals surface area contributed by atoms with E-state index in [1.54, 1.807) is 13.1 Å². The monoisotopic (exact) mass is 278 g/mol. The normalized spacial score (nSPS) is 10.7. The summed E-state index contributed by atoms with van der Waals surface area (Å²) >= 11 is 0. The number of hydrogen-bond acceptors (Lipinski definition) is 2. The standard InChI is InChI=1S/C17H14N2O2/c1-19-15-8-7-12(11-5-3-2-4-6-11)9-13(15)10-14(16(18)20)17(19)21/h2-10H,1H3,(H2,18,20). The number of aryl methyl sites for hydroxylation is 1. The molecule has 0 bridgehead atoms. The van der Waals surface area contributed by atoms with Crippen LogP contribution in [0.1, 0.15) is 10.4 Å². The molecular formula is C17H14N2O2. The van der Waals surface area contributed by atoms with Crippen molar-refractivity contribution in [3.8, 4) is 11.1 Å². The molecule has 0 saturated carbocycles. The predicted molar refractivity (Wildman–Crippen MR) is 83.1 cm³/mol. The number of amides is 1. The molecule has 3 aromatic rings. The molecule has 0 aliphatic heterocycles. The molecule has 3 rings (SSSR count). The van der Waals surface area contributed by atoms with Gasteiger partial charge >= 0.3 is 0 Å². The Hall–Kier alpha value is -2.88. The number of aromatic nitrogens is 1. The van der Waals surface area contributed by atoms with Crippen LogP contribution in [0, 0.1) is 0 Å². The van der Waals surface area contributed by atoms with E-state index in [-0.39, 0.29) is 11.1 Å². The smallest absolute Gasteiger partial charge is 0.263 e. The Morgan fingerprint density at radius 1 is 1.00 bits per heavy atom. The van der Waals surface area contributed by atoms with E-state index in [9.17, 15) is 9.59 Å². The number of hydrogen-bond donors (Lipinski definition) is 1. The fraction of sp³-hybridized carbons (Fsp3) is 0.0588. The first kappa shape index (κ1) is 13.1. The highest BCUT2D eigenvalue weighted by molar-refractivity contribution is 5.97. The van der Waals surface area contributed by atoms with Gasteiger partial charge in [0, 0.05) is 7.05 Å². The number of pyridine rings is 1. The predicted octanol–water partition coefficient (Wildman–Crippen LogP) is 2.30. The van der Waals surface area contributed by atoms with Crippen molar-refractivity contribution in [3.63, 3.8) is 0 Å². The lowest BCUT2D eigenvalue weighted by Gasteiger charge is -2.09. The highest BCUT2D eigenvalue weighted by Gasteiger charge is 2.11. The van der Waals surface area contributed by atoms with Gasteiger partial charge in [0.05, 0.1) is 5.52 Å². The number of carbonyl (C=O) groups excluding carboxylic acids is 1. The zero-order chi connectivity index (χ0) is 15.0. The van der Waals surface area contributed by atoms with Gasteiger partial charge in [-0.1, -0.05) is 36.4 Å². The lowest BCUT2D eigenvalue weighted by Crippen LogP contribution is -2.28. The molecule has 0 unspecified atom stereocenters. The first-order chi connectivity index (χ1) is 10.1. The highest BCUT2D eigenvalue weighted by atomic mass is 16.2. The molecule has 1 heterocycles. The zero-order valence-electron chi connectivity index (χ0n) is 11.5. The Morgan fingerprint density at radius 3 is 2.38 bits per heavy atom. The van der Waals surface area contributed by atoms with Crippen molar-refractivity contribution in [2.75, 3.05) is 0 Å². The molecule has 0 saturated heterocycles. The summed E-state index contributed by atoms with van der Waals surface area (Å²) < 4.78 is 1.45. The van der Waals surface area contributed by atoms with Crippen molar-refractivity contribution in [2.45, 2.75) is 0 Å². The van der Waals surface area contributed by atoms with Crippen LogP contribution in [0.15, 0.2) is 59.4 Å². The van der Waals surface area contributed by atoms with Crippen molar-refractivity contribution < 1.29 is 4.79 Å². The largest absolute Gasteiger partial charge is 0.365 e. The summed E-state index contributed by atoms with van der Waals surface area (Å²) in [5.74, 6) is -0.706. The minimum atomic E-state index is -0.706. The van der Waals surface area contributed by atoms with Crippen LogP contribution in [0.3, 0.4) is 0 Å². The molecular weight excluding hydrogens is 264 g/mol. The summed E-state index contributed by atoms with van der Waals surface area (Å²) in [5, 5.41) is 0.812. The van der Waals surface area contributed by atoms with Gasteiger partial charge in [-0.3, -0.25) is 9.59 Å². The summed E-state index contributed by atoms with van der Waals surface area (Å²) in [7, 11) is 1.64. The maximum atomic E-state index is 12.0. The van der Waals surface area contributed by atoms with Gasteiger partial charge in [0.1, 0.15) is 5.56 Å². The third-order valence-electron chi connectivity index (χ3n) is 3.60. The summed E-state index contributed by atoms with van der Waals surface area (Å²) in [4.78, 5) is 23.4. The van der Waals surface area contributed by atoms with E-state index in [4.69, 9.17) is 5.73 Å². The van der Waals surface area contributed by atoms with Crippen molar-refractivity contribution in [1.29, 1.82) is 0 Å². The minimum absolute atomic E-state index is 0.00946. The molecule has 0 radical (unpaired) electrons. The van der Waals surface area contributed by atoms with Gasteiger partial charge in [0.2, 0.25) is 0 Å². The van der Waals surface area contributed by atoms with Gasteiger partial charge in [-0.2, -0.15) is 0 Å². The SMILES string of the molecule is Cn1c(=O)c(C(N)=O)cc2cc(-c3ccccc3)ccc21. The second-order valence-electron chi connectivity index (χ2n) is 4.93. The van der Waals surface area contributed by atoms with E-state index in [0.717, 1.165) is 22.0 Å². The second-order valence-corrected chi connectivity index (χ2v) is 4.93. The van der Waals surface area contributed by atoms with E-state index < -0.39 is 5.91 Å². The van der Waals surface area contributed by atoms with E-state index >= 15 is 0 Å². The molecule has 1 amide bonds. The van der Waals surface area contributed by atoms with Crippen LogP contribution in [-0.4, -0.2) is 10.5 Å². The number of fused-ring (bicyclic) bond motifs is 1. The topological polar surface area (TPSA) is 65.1 Å². The summed E-state index contributed by atoms with van der Waals surface area (Å²) in [6, 6.07) is 17.3. The van der Waals surface area contributed by atoms with Crippen molar-refractivity contribution in [3.05, 3.63) is 70.5 Å². The number of primary amides is 1. The number of rotatable bonds is 2. The molecule has 1 aromatic heterocycles. The van der Waals surface area contributed by atoms with Crippen molar-refractivity contribution in [2.24, 2.45) is 12.8 Å². The van der Waals surface area contributed by atoms with E-state index in [2.05, 4.69) is 0 Å².